The van der Waals surface area contributed by atoms with Crippen molar-refractivity contribution in [3.8, 4) is 0 Å². The summed E-state index contributed by atoms with van der Waals surface area (Å²) in [5.74, 6) is 0.160. The fourth-order valence-corrected chi connectivity index (χ4v) is 3.73. The summed E-state index contributed by atoms with van der Waals surface area (Å²) in [5.41, 5.74) is 0.454. The maximum atomic E-state index is 11.2. The van der Waals surface area contributed by atoms with Crippen molar-refractivity contribution in [3.05, 3.63) is 0 Å². The molecule has 2 fully saturated rings. The number of carbonyl (C=O) groups is 1. The molecule has 0 aromatic rings. The summed E-state index contributed by atoms with van der Waals surface area (Å²) >= 11 is 0. The van der Waals surface area contributed by atoms with Crippen LogP contribution in [0.1, 0.15) is 59.3 Å². The molecule has 1 aliphatic heterocycles. The highest BCUT2D eigenvalue weighted by Gasteiger charge is 2.41. The third kappa shape index (κ3) is 3.71. The molecule has 0 unspecified atom stereocenters. The number of carboxylic acids is 1. The number of rotatable bonds is 4. The fourth-order valence-electron chi connectivity index (χ4n) is 3.73. The van der Waals surface area contributed by atoms with E-state index in [0.717, 1.165) is 38.4 Å². The molecule has 0 aromatic carbocycles. The van der Waals surface area contributed by atoms with Gasteiger partial charge in [-0.05, 0) is 29.6 Å². The van der Waals surface area contributed by atoms with Gasteiger partial charge in [0.05, 0.1) is 6.42 Å². The lowest BCUT2D eigenvalue weighted by atomic mass is 9.69. The normalized spacial score (nSPS) is 25.0. The van der Waals surface area contributed by atoms with Gasteiger partial charge in [0.2, 0.25) is 0 Å². The van der Waals surface area contributed by atoms with Gasteiger partial charge in [0.1, 0.15) is 0 Å². The Morgan fingerprint density at radius 2 is 1.79 bits per heavy atom. The first kappa shape index (κ1) is 14.8. The van der Waals surface area contributed by atoms with Gasteiger partial charge >= 0.3 is 5.97 Å². The van der Waals surface area contributed by atoms with E-state index in [9.17, 15) is 9.90 Å². The molecule has 1 N–H and O–H groups in total. The Bertz CT molecular complexity index is 320. The lowest BCUT2D eigenvalue weighted by molar-refractivity contribution is -0.141. The number of likely N-dealkylation sites (tertiary alicyclic amines) is 1. The molecular formula is C16H29NO2. The molecule has 1 saturated carbocycles. The predicted molar refractivity (Wildman–Crippen MR) is 77.2 cm³/mol. The quantitative estimate of drug-likeness (QED) is 0.849. The number of hydrogen-bond donors (Lipinski definition) is 1. The highest BCUT2D eigenvalue weighted by Crippen LogP contribution is 2.43. The second kappa shape index (κ2) is 5.43. The van der Waals surface area contributed by atoms with Gasteiger partial charge in [-0.15, -0.1) is 0 Å². The van der Waals surface area contributed by atoms with Gasteiger partial charge in [-0.1, -0.05) is 40.0 Å². The Kier molecular flexibility index (Phi) is 4.24. The van der Waals surface area contributed by atoms with Crippen molar-refractivity contribution in [3.63, 3.8) is 0 Å². The topological polar surface area (TPSA) is 40.5 Å². The predicted octanol–water partition coefficient (Wildman–Crippen LogP) is 3.39. The largest absolute Gasteiger partial charge is 0.481 e. The van der Waals surface area contributed by atoms with Crippen LogP contribution in [-0.4, -0.2) is 35.6 Å². The molecule has 0 bridgehead atoms. The van der Waals surface area contributed by atoms with Crippen LogP contribution >= 0.6 is 0 Å². The molecule has 1 aliphatic carbocycles. The molecule has 0 radical (unpaired) electrons. The maximum Gasteiger partial charge on any atom is 0.303 e. The molecular weight excluding hydrogens is 238 g/mol. The molecule has 19 heavy (non-hydrogen) atoms. The van der Waals surface area contributed by atoms with Gasteiger partial charge in [-0.2, -0.15) is 0 Å². The Morgan fingerprint density at radius 3 is 2.26 bits per heavy atom. The van der Waals surface area contributed by atoms with Crippen LogP contribution in [0.4, 0.5) is 0 Å². The van der Waals surface area contributed by atoms with Gasteiger partial charge in [-0.3, -0.25) is 4.79 Å². The van der Waals surface area contributed by atoms with Crippen molar-refractivity contribution in [1.82, 2.24) is 4.90 Å². The minimum Gasteiger partial charge on any atom is -0.481 e. The summed E-state index contributed by atoms with van der Waals surface area (Å²) < 4.78 is 0. The van der Waals surface area contributed by atoms with Crippen molar-refractivity contribution in [1.29, 1.82) is 0 Å². The molecule has 0 amide bonds. The average Bonchev–Trinajstić information content (AvgIpc) is 2.21. The van der Waals surface area contributed by atoms with E-state index in [1.54, 1.807) is 0 Å². The Labute approximate surface area is 117 Å². The summed E-state index contributed by atoms with van der Waals surface area (Å²) in [6, 6.07) is 0. The van der Waals surface area contributed by atoms with E-state index in [2.05, 4.69) is 25.7 Å². The fraction of sp³-hybridized carbons (Fsp3) is 0.938. The lowest BCUT2D eigenvalue weighted by Gasteiger charge is -2.50. The maximum absolute atomic E-state index is 11.2. The highest BCUT2D eigenvalue weighted by molar-refractivity contribution is 5.67. The van der Waals surface area contributed by atoms with Gasteiger partial charge in [0.15, 0.2) is 0 Å². The van der Waals surface area contributed by atoms with E-state index in [0.29, 0.717) is 11.8 Å². The van der Waals surface area contributed by atoms with Crippen LogP contribution in [0.5, 0.6) is 0 Å². The van der Waals surface area contributed by atoms with Crippen LogP contribution in [0.15, 0.2) is 0 Å². The molecule has 2 rings (SSSR count). The summed E-state index contributed by atoms with van der Waals surface area (Å²) in [5, 5.41) is 9.20. The highest BCUT2D eigenvalue weighted by atomic mass is 16.4. The van der Waals surface area contributed by atoms with Crippen molar-refractivity contribution >= 4 is 5.97 Å². The Morgan fingerprint density at radius 1 is 1.21 bits per heavy atom. The van der Waals surface area contributed by atoms with Crippen LogP contribution in [0, 0.1) is 16.7 Å². The minimum atomic E-state index is -0.616. The zero-order valence-corrected chi connectivity index (χ0v) is 12.7. The molecule has 1 saturated heterocycles. The lowest BCUT2D eigenvalue weighted by Crippen LogP contribution is -2.55. The van der Waals surface area contributed by atoms with Crippen molar-refractivity contribution in [2.24, 2.45) is 16.7 Å². The third-order valence-corrected chi connectivity index (χ3v) is 5.18. The smallest absolute Gasteiger partial charge is 0.303 e. The standard InChI is InChI=1S/C16H29NO2/c1-15(2,3)13-10-17(11-13)12-16(9-14(18)19)7-5-4-6-8-16/h13H,4-12H2,1-3H3,(H,18,19). The van der Waals surface area contributed by atoms with Crippen LogP contribution in [0.3, 0.4) is 0 Å². The minimum absolute atomic E-state index is 0.0624. The van der Waals surface area contributed by atoms with Crippen molar-refractivity contribution < 1.29 is 9.90 Å². The third-order valence-electron chi connectivity index (χ3n) is 5.18. The Balaban J connectivity index is 1.90. The zero-order chi connectivity index (χ0) is 14.1. The van der Waals surface area contributed by atoms with E-state index in [1.807, 2.05) is 0 Å². The molecule has 3 nitrogen and oxygen atoms in total. The second-order valence-corrected chi connectivity index (χ2v) is 7.89. The van der Waals surface area contributed by atoms with Crippen LogP contribution < -0.4 is 0 Å². The molecule has 0 spiro atoms. The second-order valence-electron chi connectivity index (χ2n) is 7.89. The van der Waals surface area contributed by atoms with E-state index < -0.39 is 5.97 Å². The number of carboxylic acid groups (broad SMARTS) is 1. The van der Waals surface area contributed by atoms with E-state index >= 15 is 0 Å². The SMILES string of the molecule is CC(C)(C)C1CN(CC2(CC(=O)O)CCCCC2)C1. The monoisotopic (exact) mass is 267 g/mol. The zero-order valence-electron chi connectivity index (χ0n) is 12.7. The molecule has 1 heterocycles. The van der Waals surface area contributed by atoms with Crippen molar-refractivity contribution in [2.45, 2.75) is 59.3 Å². The molecule has 2 aliphatic rings. The first-order chi connectivity index (χ1) is 8.81. The van der Waals surface area contributed by atoms with Gasteiger partial charge in [-0.25, -0.2) is 0 Å². The van der Waals surface area contributed by atoms with Crippen LogP contribution in [0.25, 0.3) is 0 Å². The first-order valence-electron chi connectivity index (χ1n) is 7.75. The summed E-state index contributed by atoms with van der Waals surface area (Å²) in [6.07, 6.45) is 6.29. The number of hydrogen-bond acceptors (Lipinski definition) is 2. The van der Waals surface area contributed by atoms with Crippen LogP contribution in [0.2, 0.25) is 0 Å². The van der Waals surface area contributed by atoms with Gasteiger partial charge in [0.25, 0.3) is 0 Å². The summed E-state index contributed by atoms with van der Waals surface area (Å²) in [6.45, 7) is 10.2. The first-order valence-corrected chi connectivity index (χ1v) is 7.75. The number of aliphatic carboxylic acids is 1. The average molecular weight is 267 g/mol. The van der Waals surface area contributed by atoms with Crippen molar-refractivity contribution in [2.75, 3.05) is 19.6 Å². The molecule has 110 valence electrons. The van der Waals surface area contributed by atoms with E-state index in [-0.39, 0.29) is 5.41 Å². The van der Waals surface area contributed by atoms with E-state index in [4.69, 9.17) is 0 Å². The number of nitrogens with zero attached hydrogens (tertiary/aromatic N) is 1. The molecule has 3 heteroatoms. The van der Waals surface area contributed by atoms with Gasteiger partial charge < -0.3 is 10.0 Å². The van der Waals surface area contributed by atoms with Gasteiger partial charge in [0, 0.05) is 19.6 Å². The Hall–Kier alpha value is -0.570. The summed E-state index contributed by atoms with van der Waals surface area (Å²) in [7, 11) is 0. The van der Waals surface area contributed by atoms with E-state index in [1.165, 1.54) is 19.3 Å². The summed E-state index contributed by atoms with van der Waals surface area (Å²) in [4.78, 5) is 13.7. The molecule has 0 atom stereocenters. The van der Waals surface area contributed by atoms with Crippen LogP contribution in [-0.2, 0) is 4.79 Å². The molecule has 0 aromatic heterocycles.